The van der Waals surface area contributed by atoms with E-state index in [1.54, 1.807) is 12.4 Å². The molecule has 128 valence electrons. The highest BCUT2D eigenvalue weighted by atomic mass is 16.4. The van der Waals surface area contributed by atoms with Crippen molar-refractivity contribution in [3.05, 3.63) is 65.8 Å². The molecule has 5 heteroatoms. The SMILES string of the molecule is Cc1ccc(CN2CCC[C@@H](c3nnc(-c4cccnc4)o3)C2)cc1. The van der Waals surface area contributed by atoms with E-state index in [9.17, 15) is 0 Å². The second-order valence-electron chi connectivity index (χ2n) is 6.75. The normalized spacial score (nSPS) is 18.4. The lowest BCUT2D eigenvalue weighted by molar-refractivity contribution is 0.186. The molecule has 0 N–H and O–H groups in total. The van der Waals surface area contributed by atoms with Crippen LogP contribution in [-0.4, -0.2) is 33.2 Å². The molecule has 0 amide bonds. The number of likely N-dealkylation sites (tertiary alicyclic amines) is 1. The molecular formula is C20H22N4O. The van der Waals surface area contributed by atoms with Crippen LogP contribution in [0.5, 0.6) is 0 Å². The van der Waals surface area contributed by atoms with Gasteiger partial charge in [0.05, 0.1) is 11.5 Å². The summed E-state index contributed by atoms with van der Waals surface area (Å²) in [7, 11) is 0. The Balaban J connectivity index is 1.44. The first-order valence-corrected chi connectivity index (χ1v) is 8.79. The minimum absolute atomic E-state index is 0.303. The number of benzene rings is 1. The Kier molecular flexibility index (Phi) is 4.57. The average molecular weight is 334 g/mol. The topological polar surface area (TPSA) is 55.1 Å². The number of rotatable bonds is 4. The van der Waals surface area contributed by atoms with Gasteiger partial charge in [-0.2, -0.15) is 0 Å². The first-order chi connectivity index (χ1) is 12.3. The zero-order valence-electron chi connectivity index (χ0n) is 14.4. The van der Waals surface area contributed by atoms with Crippen molar-refractivity contribution in [1.29, 1.82) is 0 Å². The van der Waals surface area contributed by atoms with Crippen LogP contribution in [0.1, 0.15) is 35.8 Å². The van der Waals surface area contributed by atoms with Crippen LogP contribution < -0.4 is 0 Å². The molecule has 0 saturated carbocycles. The molecule has 1 fully saturated rings. The fourth-order valence-corrected chi connectivity index (χ4v) is 3.36. The van der Waals surface area contributed by atoms with E-state index in [1.165, 1.54) is 11.1 Å². The van der Waals surface area contributed by atoms with E-state index in [1.807, 2.05) is 12.1 Å². The van der Waals surface area contributed by atoms with Gasteiger partial charge in [-0.1, -0.05) is 29.8 Å². The van der Waals surface area contributed by atoms with Gasteiger partial charge in [0.1, 0.15) is 0 Å². The summed E-state index contributed by atoms with van der Waals surface area (Å²) in [6.07, 6.45) is 5.74. The largest absolute Gasteiger partial charge is 0.420 e. The molecule has 4 rings (SSSR count). The van der Waals surface area contributed by atoms with Gasteiger partial charge in [0.15, 0.2) is 0 Å². The Morgan fingerprint density at radius 2 is 2.04 bits per heavy atom. The van der Waals surface area contributed by atoms with Crippen LogP contribution >= 0.6 is 0 Å². The lowest BCUT2D eigenvalue weighted by atomic mass is 9.97. The lowest BCUT2D eigenvalue weighted by Gasteiger charge is -2.31. The molecule has 0 spiro atoms. The molecule has 0 unspecified atom stereocenters. The zero-order valence-corrected chi connectivity index (χ0v) is 14.4. The molecule has 3 heterocycles. The maximum Gasteiger partial charge on any atom is 0.249 e. The van der Waals surface area contributed by atoms with Crippen LogP contribution in [0.25, 0.3) is 11.5 Å². The number of hydrogen-bond acceptors (Lipinski definition) is 5. The summed E-state index contributed by atoms with van der Waals surface area (Å²) >= 11 is 0. The van der Waals surface area contributed by atoms with Crippen LogP contribution in [0, 0.1) is 6.92 Å². The van der Waals surface area contributed by atoms with Crippen molar-refractivity contribution in [2.75, 3.05) is 13.1 Å². The highest BCUT2D eigenvalue weighted by molar-refractivity contribution is 5.50. The Hall–Kier alpha value is -2.53. The van der Waals surface area contributed by atoms with E-state index in [-0.39, 0.29) is 0 Å². The van der Waals surface area contributed by atoms with Gasteiger partial charge in [-0.15, -0.1) is 10.2 Å². The summed E-state index contributed by atoms with van der Waals surface area (Å²) in [6, 6.07) is 12.6. The molecule has 25 heavy (non-hydrogen) atoms. The molecule has 1 aliphatic heterocycles. The number of hydrogen-bond donors (Lipinski definition) is 0. The van der Waals surface area contributed by atoms with Crippen molar-refractivity contribution in [2.45, 2.75) is 32.2 Å². The van der Waals surface area contributed by atoms with Crippen LogP contribution in [-0.2, 0) is 6.54 Å². The van der Waals surface area contributed by atoms with E-state index in [4.69, 9.17) is 4.42 Å². The van der Waals surface area contributed by atoms with Gasteiger partial charge >= 0.3 is 0 Å². The maximum absolute atomic E-state index is 5.93. The van der Waals surface area contributed by atoms with Crippen LogP contribution in [0.15, 0.2) is 53.2 Å². The molecule has 2 aromatic heterocycles. The molecule has 1 saturated heterocycles. The number of piperidine rings is 1. The number of nitrogens with zero attached hydrogens (tertiary/aromatic N) is 4. The van der Waals surface area contributed by atoms with Crippen LogP contribution in [0.4, 0.5) is 0 Å². The van der Waals surface area contributed by atoms with Gasteiger partial charge in [-0.3, -0.25) is 9.88 Å². The van der Waals surface area contributed by atoms with E-state index >= 15 is 0 Å². The van der Waals surface area contributed by atoms with Gasteiger partial charge in [0, 0.05) is 25.5 Å². The third kappa shape index (κ3) is 3.77. The highest BCUT2D eigenvalue weighted by Crippen LogP contribution is 2.28. The predicted molar refractivity (Wildman–Crippen MR) is 96.0 cm³/mol. The Bertz CT molecular complexity index is 813. The second-order valence-corrected chi connectivity index (χ2v) is 6.75. The molecule has 1 atom stereocenters. The number of aromatic nitrogens is 3. The summed E-state index contributed by atoms with van der Waals surface area (Å²) in [6.45, 7) is 5.17. The predicted octanol–water partition coefficient (Wildman–Crippen LogP) is 3.82. The zero-order chi connectivity index (χ0) is 17.1. The molecule has 3 aromatic rings. The fourth-order valence-electron chi connectivity index (χ4n) is 3.36. The average Bonchev–Trinajstić information content (AvgIpc) is 3.15. The van der Waals surface area contributed by atoms with Crippen molar-refractivity contribution < 1.29 is 4.42 Å². The molecule has 1 aromatic carbocycles. The fraction of sp³-hybridized carbons (Fsp3) is 0.350. The van der Waals surface area contributed by atoms with E-state index in [0.717, 1.165) is 43.9 Å². The molecule has 0 bridgehead atoms. The van der Waals surface area contributed by atoms with Gasteiger partial charge in [-0.25, -0.2) is 0 Å². The third-order valence-electron chi connectivity index (χ3n) is 4.73. The van der Waals surface area contributed by atoms with Gasteiger partial charge in [0.25, 0.3) is 0 Å². The first kappa shape index (κ1) is 16.0. The van der Waals surface area contributed by atoms with Crippen molar-refractivity contribution >= 4 is 0 Å². The smallest absolute Gasteiger partial charge is 0.249 e. The Morgan fingerprint density at radius 1 is 1.16 bits per heavy atom. The third-order valence-corrected chi connectivity index (χ3v) is 4.73. The lowest BCUT2D eigenvalue weighted by Crippen LogP contribution is -2.34. The van der Waals surface area contributed by atoms with Gasteiger partial charge < -0.3 is 4.42 Å². The summed E-state index contributed by atoms with van der Waals surface area (Å²) in [5.41, 5.74) is 3.52. The van der Waals surface area contributed by atoms with E-state index in [2.05, 4.69) is 51.3 Å². The summed E-state index contributed by atoms with van der Waals surface area (Å²) in [5.74, 6) is 1.60. The molecular weight excluding hydrogens is 312 g/mol. The van der Waals surface area contributed by atoms with E-state index < -0.39 is 0 Å². The molecule has 0 aliphatic carbocycles. The quantitative estimate of drug-likeness (QED) is 0.726. The Morgan fingerprint density at radius 3 is 2.84 bits per heavy atom. The van der Waals surface area contributed by atoms with Crippen LogP contribution in [0.3, 0.4) is 0 Å². The minimum Gasteiger partial charge on any atom is -0.420 e. The Labute approximate surface area is 147 Å². The maximum atomic E-state index is 5.93. The van der Waals surface area contributed by atoms with Crippen molar-refractivity contribution in [1.82, 2.24) is 20.1 Å². The minimum atomic E-state index is 0.303. The van der Waals surface area contributed by atoms with Crippen molar-refractivity contribution in [3.8, 4) is 11.5 Å². The van der Waals surface area contributed by atoms with Gasteiger partial charge in [0.2, 0.25) is 11.8 Å². The summed E-state index contributed by atoms with van der Waals surface area (Å²) in [4.78, 5) is 6.59. The van der Waals surface area contributed by atoms with E-state index in [0.29, 0.717) is 11.8 Å². The highest BCUT2D eigenvalue weighted by Gasteiger charge is 2.26. The first-order valence-electron chi connectivity index (χ1n) is 8.79. The second kappa shape index (κ2) is 7.15. The van der Waals surface area contributed by atoms with Crippen LogP contribution in [0.2, 0.25) is 0 Å². The summed E-state index contributed by atoms with van der Waals surface area (Å²) < 4.78 is 5.93. The standard InChI is InChI=1S/C20H22N4O/c1-15-6-8-16(9-7-15)13-24-11-3-5-18(14-24)20-23-22-19(25-20)17-4-2-10-21-12-17/h2,4,6-10,12,18H,3,5,11,13-14H2,1H3/t18-/m1/s1. The number of aryl methyl sites for hydroxylation is 1. The summed E-state index contributed by atoms with van der Waals surface area (Å²) in [5, 5.41) is 8.50. The molecule has 5 nitrogen and oxygen atoms in total. The van der Waals surface area contributed by atoms with Gasteiger partial charge in [-0.05, 0) is 44.0 Å². The van der Waals surface area contributed by atoms with Crippen molar-refractivity contribution in [3.63, 3.8) is 0 Å². The van der Waals surface area contributed by atoms with Crippen molar-refractivity contribution in [2.24, 2.45) is 0 Å². The molecule has 1 aliphatic rings. The monoisotopic (exact) mass is 334 g/mol. The number of pyridine rings is 1. The molecule has 0 radical (unpaired) electrons.